The molecule has 0 spiro atoms. The fourth-order valence-electron chi connectivity index (χ4n) is 2.34. The van der Waals surface area contributed by atoms with E-state index in [0.717, 1.165) is 8.95 Å². The minimum atomic E-state index is -1.32. The molecule has 0 saturated carbocycles. The molecule has 1 saturated heterocycles. The summed E-state index contributed by atoms with van der Waals surface area (Å²) in [6, 6.07) is 14.4. The second-order valence-corrected chi connectivity index (χ2v) is 7.60. The summed E-state index contributed by atoms with van der Waals surface area (Å²) in [5, 5.41) is 27.5. The summed E-state index contributed by atoms with van der Waals surface area (Å²) in [6.45, 7) is -0.595. The van der Waals surface area contributed by atoms with Crippen LogP contribution in [0.3, 0.4) is 0 Å². The Balaban J connectivity index is 1.87. The number of cyclic esters (lactones) is 1. The van der Waals surface area contributed by atoms with Crippen molar-refractivity contribution in [1.82, 2.24) is 0 Å². The zero-order chi connectivity index (χ0) is 20.1. The average Bonchev–Trinajstić information content (AvgIpc) is 3.02. The Bertz CT molecular complexity index is 901. The molecular formula is C18H16Br2N4O4. The van der Waals surface area contributed by atoms with Crippen molar-refractivity contribution in [3.05, 3.63) is 57.5 Å². The van der Waals surface area contributed by atoms with Gasteiger partial charge in [-0.25, -0.2) is 4.79 Å². The fraction of sp³-hybridized carbons (Fsp3) is 0.167. The van der Waals surface area contributed by atoms with Crippen LogP contribution in [0, 0.1) is 0 Å². The van der Waals surface area contributed by atoms with Crippen LogP contribution >= 0.6 is 31.9 Å². The van der Waals surface area contributed by atoms with Crippen LogP contribution in [0.5, 0.6) is 0 Å². The van der Waals surface area contributed by atoms with Crippen LogP contribution in [0.15, 0.2) is 67.7 Å². The van der Waals surface area contributed by atoms with Crippen molar-refractivity contribution in [3.63, 3.8) is 0 Å². The number of rotatable bonds is 6. The lowest BCUT2D eigenvalue weighted by Crippen LogP contribution is -2.36. The van der Waals surface area contributed by atoms with E-state index in [1.807, 2.05) is 24.3 Å². The normalized spacial score (nSPS) is 20.3. The molecule has 1 heterocycles. The number of aliphatic hydroxyl groups is 2. The van der Waals surface area contributed by atoms with Crippen molar-refractivity contribution in [2.75, 3.05) is 17.5 Å². The molecule has 2 atom stereocenters. The molecule has 1 aliphatic heterocycles. The maximum absolute atomic E-state index is 12.2. The Labute approximate surface area is 177 Å². The summed E-state index contributed by atoms with van der Waals surface area (Å²) >= 11 is 6.69. The third-order valence-corrected chi connectivity index (χ3v) is 4.82. The Morgan fingerprint density at radius 1 is 0.964 bits per heavy atom. The number of carbonyl (C=O) groups is 1. The molecule has 0 aliphatic carbocycles. The first kappa shape index (κ1) is 20.5. The van der Waals surface area contributed by atoms with Crippen LogP contribution < -0.4 is 10.9 Å². The quantitative estimate of drug-likeness (QED) is 0.350. The summed E-state index contributed by atoms with van der Waals surface area (Å²) in [5.41, 5.74) is 6.87. The number of esters is 1. The maximum Gasteiger partial charge on any atom is 0.361 e. The number of nitrogens with zero attached hydrogens (tertiary/aromatic N) is 2. The highest BCUT2D eigenvalue weighted by atomic mass is 79.9. The van der Waals surface area contributed by atoms with E-state index in [4.69, 9.17) is 4.74 Å². The summed E-state index contributed by atoms with van der Waals surface area (Å²) in [6.07, 6.45) is -2.46. The number of anilines is 2. The number of nitrogens with one attached hydrogen (secondary N) is 2. The first-order valence-electron chi connectivity index (χ1n) is 8.16. The second kappa shape index (κ2) is 9.28. The minimum absolute atomic E-state index is 0.0825. The Hall–Kier alpha value is -2.27. The molecule has 2 aromatic carbocycles. The number of benzene rings is 2. The zero-order valence-corrected chi connectivity index (χ0v) is 17.5. The van der Waals surface area contributed by atoms with Crippen molar-refractivity contribution in [2.45, 2.75) is 12.2 Å². The summed E-state index contributed by atoms with van der Waals surface area (Å²) in [4.78, 5) is 12.2. The molecule has 1 aliphatic rings. The predicted octanol–water partition coefficient (Wildman–Crippen LogP) is 2.73. The molecule has 3 rings (SSSR count). The number of hydrogen-bond donors (Lipinski definition) is 4. The van der Waals surface area contributed by atoms with Gasteiger partial charge >= 0.3 is 5.97 Å². The lowest BCUT2D eigenvalue weighted by Gasteiger charge is -2.14. The largest absolute Gasteiger partial charge is 0.448 e. The number of carbonyl (C=O) groups excluding carboxylic acids is 1. The van der Waals surface area contributed by atoms with Crippen molar-refractivity contribution in [3.8, 4) is 0 Å². The lowest BCUT2D eigenvalue weighted by atomic mass is 10.1. The van der Waals surface area contributed by atoms with Gasteiger partial charge in [0.15, 0.2) is 11.8 Å². The SMILES string of the molecule is O=C1OC(C(O)CO)C(=N/Nc2ccc(Br)cc2)/C1=N/Nc1ccc(Br)cc1. The van der Waals surface area contributed by atoms with Gasteiger partial charge in [0, 0.05) is 8.95 Å². The second-order valence-electron chi connectivity index (χ2n) is 5.77. The van der Waals surface area contributed by atoms with Gasteiger partial charge in [-0.2, -0.15) is 10.2 Å². The van der Waals surface area contributed by atoms with E-state index in [-0.39, 0.29) is 11.4 Å². The molecule has 2 aromatic rings. The third-order valence-electron chi connectivity index (χ3n) is 3.77. The highest BCUT2D eigenvalue weighted by molar-refractivity contribution is 9.10. The van der Waals surface area contributed by atoms with Crippen molar-refractivity contribution < 1.29 is 19.7 Å². The fourth-order valence-corrected chi connectivity index (χ4v) is 2.87. The average molecular weight is 512 g/mol. The third kappa shape index (κ3) is 4.96. The number of aliphatic hydroxyl groups excluding tert-OH is 2. The molecule has 0 radical (unpaired) electrons. The molecule has 28 heavy (non-hydrogen) atoms. The van der Waals surface area contributed by atoms with Crippen molar-refractivity contribution in [2.24, 2.45) is 10.2 Å². The molecule has 10 heteroatoms. The molecule has 1 fully saturated rings. The van der Waals surface area contributed by atoms with E-state index in [1.165, 1.54) is 0 Å². The zero-order valence-electron chi connectivity index (χ0n) is 14.3. The van der Waals surface area contributed by atoms with Crippen LogP contribution in [0.25, 0.3) is 0 Å². The molecule has 0 amide bonds. The topological polar surface area (TPSA) is 116 Å². The van der Waals surface area contributed by atoms with Gasteiger partial charge in [-0.05, 0) is 48.5 Å². The smallest absolute Gasteiger partial charge is 0.361 e. The van der Waals surface area contributed by atoms with Crippen LogP contribution in [-0.4, -0.2) is 46.4 Å². The van der Waals surface area contributed by atoms with E-state index in [2.05, 4.69) is 52.9 Å². The van der Waals surface area contributed by atoms with E-state index in [1.54, 1.807) is 24.3 Å². The van der Waals surface area contributed by atoms with Crippen molar-refractivity contribution in [1.29, 1.82) is 0 Å². The van der Waals surface area contributed by atoms with Crippen LogP contribution in [0.2, 0.25) is 0 Å². The molecule has 8 nitrogen and oxygen atoms in total. The van der Waals surface area contributed by atoms with Gasteiger partial charge in [0.05, 0.1) is 18.0 Å². The Morgan fingerprint density at radius 3 is 1.96 bits per heavy atom. The van der Waals surface area contributed by atoms with E-state index < -0.39 is 24.8 Å². The lowest BCUT2D eigenvalue weighted by molar-refractivity contribution is -0.140. The van der Waals surface area contributed by atoms with Gasteiger partial charge in [0.2, 0.25) is 0 Å². The monoisotopic (exact) mass is 510 g/mol. The number of hydrazone groups is 2. The first-order valence-corrected chi connectivity index (χ1v) is 9.75. The van der Waals surface area contributed by atoms with Gasteiger partial charge in [-0.3, -0.25) is 10.9 Å². The van der Waals surface area contributed by atoms with Gasteiger partial charge in [0.1, 0.15) is 11.8 Å². The summed E-state index contributed by atoms with van der Waals surface area (Å²) < 4.78 is 6.95. The number of halogens is 2. The van der Waals surface area contributed by atoms with Gasteiger partial charge in [0.25, 0.3) is 0 Å². The standard InChI is InChI=1S/C18H16Br2N4O4/c19-10-1-5-12(6-2-10)21-23-15-16(18(27)28-17(15)14(26)9-25)24-22-13-7-3-11(20)4-8-13/h1-8,14,17,21-22,25-26H,9H2/b23-15+,24-16-. The van der Waals surface area contributed by atoms with E-state index in [9.17, 15) is 15.0 Å². The van der Waals surface area contributed by atoms with Crippen LogP contribution in [-0.2, 0) is 9.53 Å². The first-order chi connectivity index (χ1) is 13.5. The Morgan fingerprint density at radius 2 is 1.46 bits per heavy atom. The van der Waals surface area contributed by atoms with E-state index in [0.29, 0.717) is 11.4 Å². The van der Waals surface area contributed by atoms with Gasteiger partial charge < -0.3 is 14.9 Å². The van der Waals surface area contributed by atoms with Gasteiger partial charge in [-0.15, -0.1) is 0 Å². The number of ether oxygens (including phenoxy) is 1. The number of hydrogen-bond acceptors (Lipinski definition) is 8. The molecule has 2 unspecified atom stereocenters. The summed E-state index contributed by atoms with van der Waals surface area (Å²) in [7, 11) is 0. The van der Waals surface area contributed by atoms with E-state index >= 15 is 0 Å². The molecule has 0 bridgehead atoms. The molecule has 0 aromatic heterocycles. The predicted molar refractivity (Wildman–Crippen MR) is 113 cm³/mol. The maximum atomic E-state index is 12.2. The molecular weight excluding hydrogens is 496 g/mol. The highest BCUT2D eigenvalue weighted by Gasteiger charge is 2.42. The summed E-state index contributed by atoms with van der Waals surface area (Å²) in [5.74, 6) is -0.751. The highest BCUT2D eigenvalue weighted by Crippen LogP contribution is 2.19. The molecule has 146 valence electrons. The van der Waals surface area contributed by atoms with Crippen LogP contribution in [0.4, 0.5) is 11.4 Å². The van der Waals surface area contributed by atoms with Crippen LogP contribution in [0.1, 0.15) is 0 Å². The molecule has 4 N–H and O–H groups in total. The van der Waals surface area contributed by atoms with Gasteiger partial charge in [-0.1, -0.05) is 31.9 Å². The van der Waals surface area contributed by atoms with Crippen molar-refractivity contribution >= 4 is 60.6 Å². The minimum Gasteiger partial charge on any atom is -0.448 e. The Kier molecular flexibility index (Phi) is 6.79.